The van der Waals surface area contributed by atoms with Gasteiger partial charge in [0.05, 0.1) is 23.3 Å². The highest BCUT2D eigenvalue weighted by molar-refractivity contribution is 7.91. The zero-order valence-electron chi connectivity index (χ0n) is 13.6. The molecule has 0 aliphatic carbocycles. The van der Waals surface area contributed by atoms with E-state index in [9.17, 15) is 8.42 Å². The van der Waals surface area contributed by atoms with Crippen molar-refractivity contribution in [2.24, 2.45) is 7.05 Å². The van der Waals surface area contributed by atoms with Crippen LogP contribution in [-0.2, 0) is 22.8 Å². The predicted octanol–water partition coefficient (Wildman–Crippen LogP) is 3.34. The third-order valence-electron chi connectivity index (χ3n) is 3.69. The Bertz CT molecular complexity index is 947. The molecule has 1 heterocycles. The lowest BCUT2D eigenvalue weighted by molar-refractivity contribution is 0.600. The Morgan fingerprint density at radius 1 is 1.08 bits per heavy atom. The molecule has 0 amide bonds. The monoisotopic (exact) mass is 341 g/mol. The number of hydrogen-bond donors (Lipinski definition) is 1. The lowest BCUT2D eigenvalue weighted by Gasteiger charge is -2.10. The van der Waals surface area contributed by atoms with Crippen molar-refractivity contribution in [3.8, 4) is 11.3 Å². The third-order valence-corrected chi connectivity index (χ3v) is 4.93. The maximum atomic E-state index is 12.5. The van der Waals surface area contributed by atoms with Gasteiger partial charge in [-0.05, 0) is 12.5 Å². The summed E-state index contributed by atoms with van der Waals surface area (Å²) in [6, 6.07) is 17.1. The van der Waals surface area contributed by atoms with Crippen LogP contribution in [0.2, 0.25) is 0 Å². The van der Waals surface area contributed by atoms with Gasteiger partial charge in [0.2, 0.25) is 10.0 Å². The molecule has 0 fully saturated rings. The normalized spacial score (nSPS) is 11.4. The summed E-state index contributed by atoms with van der Waals surface area (Å²) in [6.07, 6.45) is 1.54. The van der Waals surface area contributed by atoms with Gasteiger partial charge in [0.1, 0.15) is 0 Å². The summed E-state index contributed by atoms with van der Waals surface area (Å²) in [5.74, 6) is -0.0716. The van der Waals surface area contributed by atoms with Gasteiger partial charge in [-0.1, -0.05) is 60.2 Å². The molecule has 1 aromatic heterocycles. The quantitative estimate of drug-likeness (QED) is 0.774. The molecule has 0 aliphatic heterocycles. The first kappa shape index (κ1) is 16.3. The summed E-state index contributed by atoms with van der Waals surface area (Å²) >= 11 is 0. The molecule has 0 spiro atoms. The predicted molar refractivity (Wildman–Crippen MR) is 96.1 cm³/mol. The van der Waals surface area contributed by atoms with Crippen LogP contribution in [0.1, 0.15) is 11.1 Å². The molecule has 0 unspecified atom stereocenters. The number of aryl methyl sites for hydroxylation is 2. The van der Waals surface area contributed by atoms with Crippen molar-refractivity contribution in [1.82, 2.24) is 9.78 Å². The van der Waals surface area contributed by atoms with Gasteiger partial charge in [0.15, 0.2) is 0 Å². The van der Waals surface area contributed by atoms with Crippen LogP contribution in [0.5, 0.6) is 0 Å². The molecule has 0 bridgehead atoms. The zero-order chi connectivity index (χ0) is 17.2. The Labute approximate surface area is 142 Å². The van der Waals surface area contributed by atoms with Crippen molar-refractivity contribution in [2.45, 2.75) is 12.7 Å². The van der Waals surface area contributed by atoms with Crippen LogP contribution >= 0.6 is 0 Å². The van der Waals surface area contributed by atoms with Gasteiger partial charge >= 0.3 is 0 Å². The minimum absolute atomic E-state index is 0.0716. The number of anilines is 1. The largest absolute Gasteiger partial charge is 0.279 e. The van der Waals surface area contributed by atoms with Gasteiger partial charge in [-0.2, -0.15) is 5.10 Å². The molecule has 0 atom stereocenters. The summed E-state index contributed by atoms with van der Waals surface area (Å²) in [5, 5.41) is 4.19. The Hall–Kier alpha value is -2.60. The fourth-order valence-electron chi connectivity index (χ4n) is 2.68. The molecule has 3 rings (SSSR count). The molecule has 0 aliphatic rings. The summed E-state index contributed by atoms with van der Waals surface area (Å²) in [6.45, 7) is 1.94. The van der Waals surface area contributed by atoms with Crippen molar-refractivity contribution in [3.63, 3.8) is 0 Å². The first-order valence-electron chi connectivity index (χ1n) is 7.58. The van der Waals surface area contributed by atoms with E-state index in [1.807, 2.05) is 61.5 Å². The molecule has 124 valence electrons. The van der Waals surface area contributed by atoms with Gasteiger partial charge in [0.25, 0.3) is 0 Å². The van der Waals surface area contributed by atoms with Crippen molar-refractivity contribution in [3.05, 3.63) is 71.9 Å². The molecule has 2 aromatic carbocycles. The summed E-state index contributed by atoms with van der Waals surface area (Å²) < 4.78 is 29.4. The molecule has 0 saturated heterocycles. The second kappa shape index (κ2) is 6.49. The number of nitrogens with zero attached hydrogens (tertiary/aromatic N) is 2. The summed E-state index contributed by atoms with van der Waals surface area (Å²) in [7, 11) is -1.73. The van der Waals surface area contributed by atoms with E-state index < -0.39 is 10.0 Å². The lowest BCUT2D eigenvalue weighted by atomic mass is 10.1. The Kier molecular flexibility index (Phi) is 4.40. The van der Waals surface area contributed by atoms with Crippen LogP contribution in [0.4, 0.5) is 5.69 Å². The minimum atomic E-state index is -3.52. The Morgan fingerprint density at radius 2 is 1.83 bits per heavy atom. The number of nitrogens with one attached hydrogen (secondary N) is 1. The number of hydrogen-bond acceptors (Lipinski definition) is 3. The summed E-state index contributed by atoms with van der Waals surface area (Å²) in [4.78, 5) is 0. The minimum Gasteiger partial charge on any atom is -0.279 e. The fraction of sp³-hybridized carbons (Fsp3) is 0.167. The number of sulfonamides is 1. The van der Waals surface area contributed by atoms with Crippen molar-refractivity contribution < 1.29 is 8.42 Å². The van der Waals surface area contributed by atoms with Gasteiger partial charge in [0, 0.05) is 12.6 Å². The molecule has 24 heavy (non-hydrogen) atoms. The van der Waals surface area contributed by atoms with Crippen molar-refractivity contribution in [1.29, 1.82) is 0 Å². The maximum Gasteiger partial charge on any atom is 0.237 e. The molecule has 1 N–H and O–H groups in total. The first-order chi connectivity index (χ1) is 11.4. The second-order valence-corrected chi connectivity index (χ2v) is 7.47. The SMILES string of the molecule is Cc1cccc(CS(=O)(=O)Nc2cnn(C)c2-c2ccccc2)c1. The highest BCUT2D eigenvalue weighted by Crippen LogP contribution is 2.28. The molecular weight excluding hydrogens is 322 g/mol. The molecule has 6 heteroatoms. The van der Waals surface area contributed by atoms with Gasteiger partial charge < -0.3 is 0 Å². The first-order valence-corrected chi connectivity index (χ1v) is 9.23. The zero-order valence-corrected chi connectivity index (χ0v) is 14.4. The van der Waals surface area contributed by atoms with Crippen LogP contribution in [0.3, 0.4) is 0 Å². The van der Waals surface area contributed by atoms with E-state index in [0.717, 1.165) is 22.4 Å². The van der Waals surface area contributed by atoms with Crippen LogP contribution in [-0.4, -0.2) is 18.2 Å². The lowest BCUT2D eigenvalue weighted by Crippen LogP contribution is -2.15. The topological polar surface area (TPSA) is 64.0 Å². The van der Waals surface area contributed by atoms with E-state index in [1.54, 1.807) is 11.7 Å². The smallest absolute Gasteiger partial charge is 0.237 e. The number of rotatable bonds is 5. The van der Waals surface area contributed by atoms with E-state index in [2.05, 4.69) is 9.82 Å². The average molecular weight is 341 g/mol. The van der Waals surface area contributed by atoms with E-state index >= 15 is 0 Å². The molecule has 0 radical (unpaired) electrons. The van der Waals surface area contributed by atoms with Crippen LogP contribution in [0.15, 0.2) is 60.8 Å². The average Bonchev–Trinajstić information content (AvgIpc) is 2.87. The van der Waals surface area contributed by atoms with E-state index in [0.29, 0.717) is 5.69 Å². The highest BCUT2D eigenvalue weighted by Gasteiger charge is 2.17. The summed E-state index contributed by atoms with van der Waals surface area (Å²) in [5.41, 5.74) is 3.92. The van der Waals surface area contributed by atoms with Crippen LogP contribution < -0.4 is 4.72 Å². The third kappa shape index (κ3) is 3.65. The molecule has 3 aromatic rings. The number of aromatic nitrogens is 2. The maximum absolute atomic E-state index is 12.5. The molecule has 5 nitrogen and oxygen atoms in total. The van der Waals surface area contributed by atoms with E-state index in [4.69, 9.17) is 0 Å². The van der Waals surface area contributed by atoms with Crippen LogP contribution in [0, 0.1) is 6.92 Å². The Balaban J connectivity index is 1.89. The van der Waals surface area contributed by atoms with E-state index in [1.165, 1.54) is 6.20 Å². The molecular formula is C18H19N3O2S. The Morgan fingerprint density at radius 3 is 2.54 bits per heavy atom. The highest BCUT2D eigenvalue weighted by atomic mass is 32.2. The van der Waals surface area contributed by atoms with Crippen LogP contribution in [0.25, 0.3) is 11.3 Å². The van der Waals surface area contributed by atoms with Crippen molar-refractivity contribution >= 4 is 15.7 Å². The van der Waals surface area contributed by atoms with Gasteiger partial charge in [-0.15, -0.1) is 0 Å². The molecule has 0 saturated carbocycles. The van der Waals surface area contributed by atoms with Gasteiger partial charge in [-0.3, -0.25) is 9.40 Å². The fourth-order valence-corrected chi connectivity index (χ4v) is 3.85. The second-order valence-electron chi connectivity index (χ2n) is 5.75. The standard InChI is InChI=1S/C18H19N3O2S/c1-14-7-6-8-15(11-14)13-24(22,23)20-17-12-19-21(2)18(17)16-9-4-3-5-10-16/h3-12,20H,13H2,1-2H3. The number of benzene rings is 2. The van der Waals surface area contributed by atoms with Gasteiger partial charge in [-0.25, -0.2) is 8.42 Å². The van der Waals surface area contributed by atoms with Crippen molar-refractivity contribution in [2.75, 3.05) is 4.72 Å². The van der Waals surface area contributed by atoms with E-state index in [-0.39, 0.29) is 5.75 Å².